The van der Waals surface area contributed by atoms with Crippen molar-refractivity contribution in [1.29, 1.82) is 0 Å². The standard InChI is InChI=1S/C19H18Cl2FN3O3/c1-9(10-4-14(22)13(21)6-12(10)20)23-8-18-24-15-7-17(28-3)16(27-2)5-11(15)19(26)25-18/h4-7,9,23H,8H2,1-3H3,(H,24,25,26)/t9-/m1/s1. The maximum Gasteiger partial charge on any atom is 0.258 e. The Morgan fingerprint density at radius 3 is 2.50 bits per heavy atom. The molecule has 1 atom stereocenters. The number of aromatic amines is 1. The van der Waals surface area contributed by atoms with Crippen LogP contribution in [0.3, 0.4) is 0 Å². The van der Waals surface area contributed by atoms with E-state index in [1.807, 2.05) is 6.92 Å². The molecule has 1 heterocycles. The lowest BCUT2D eigenvalue weighted by atomic mass is 10.1. The van der Waals surface area contributed by atoms with E-state index >= 15 is 0 Å². The van der Waals surface area contributed by atoms with E-state index in [4.69, 9.17) is 32.7 Å². The van der Waals surface area contributed by atoms with Crippen LogP contribution in [0.2, 0.25) is 10.0 Å². The maximum absolute atomic E-state index is 13.7. The summed E-state index contributed by atoms with van der Waals surface area (Å²) in [7, 11) is 3.01. The van der Waals surface area contributed by atoms with Gasteiger partial charge in [0.1, 0.15) is 11.6 Å². The number of nitrogens with zero attached hydrogens (tertiary/aromatic N) is 1. The van der Waals surface area contributed by atoms with Gasteiger partial charge in [0.05, 0.1) is 36.7 Å². The Kier molecular flexibility index (Phi) is 6.07. The lowest BCUT2D eigenvalue weighted by molar-refractivity contribution is 0.355. The first-order valence-electron chi connectivity index (χ1n) is 8.36. The van der Waals surface area contributed by atoms with E-state index in [0.29, 0.717) is 38.8 Å². The first kappa shape index (κ1) is 20.4. The zero-order valence-electron chi connectivity index (χ0n) is 15.4. The van der Waals surface area contributed by atoms with E-state index in [0.717, 1.165) is 0 Å². The van der Waals surface area contributed by atoms with Crippen molar-refractivity contribution >= 4 is 34.1 Å². The highest BCUT2D eigenvalue weighted by Gasteiger charge is 2.15. The molecule has 0 radical (unpaired) electrons. The van der Waals surface area contributed by atoms with Crippen LogP contribution in [0.25, 0.3) is 10.9 Å². The van der Waals surface area contributed by atoms with Crippen LogP contribution in [0.1, 0.15) is 24.4 Å². The Labute approximate surface area is 170 Å². The smallest absolute Gasteiger partial charge is 0.258 e. The van der Waals surface area contributed by atoms with Crippen LogP contribution in [0.15, 0.2) is 29.1 Å². The molecule has 3 rings (SSSR count). The molecule has 148 valence electrons. The Morgan fingerprint density at radius 2 is 1.82 bits per heavy atom. The summed E-state index contributed by atoms with van der Waals surface area (Å²) in [6.45, 7) is 2.06. The fraction of sp³-hybridized carbons (Fsp3) is 0.263. The van der Waals surface area contributed by atoms with Crippen molar-refractivity contribution in [1.82, 2.24) is 15.3 Å². The summed E-state index contributed by atoms with van der Waals surface area (Å²) in [6, 6.07) is 5.57. The summed E-state index contributed by atoms with van der Waals surface area (Å²) < 4.78 is 24.2. The number of fused-ring (bicyclic) bond motifs is 1. The number of methoxy groups -OCH3 is 2. The van der Waals surface area contributed by atoms with E-state index in [1.165, 1.54) is 26.4 Å². The highest BCUT2D eigenvalue weighted by molar-refractivity contribution is 6.35. The van der Waals surface area contributed by atoms with Crippen molar-refractivity contribution in [3.63, 3.8) is 0 Å². The normalized spacial score (nSPS) is 12.2. The van der Waals surface area contributed by atoms with Gasteiger partial charge in [0.15, 0.2) is 11.5 Å². The first-order valence-corrected chi connectivity index (χ1v) is 9.12. The number of hydrogen-bond acceptors (Lipinski definition) is 5. The molecule has 9 heteroatoms. The van der Waals surface area contributed by atoms with Crippen molar-refractivity contribution < 1.29 is 13.9 Å². The minimum Gasteiger partial charge on any atom is -0.493 e. The molecule has 2 N–H and O–H groups in total. The van der Waals surface area contributed by atoms with Crippen LogP contribution >= 0.6 is 23.2 Å². The average molecular weight is 426 g/mol. The van der Waals surface area contributed by atoms with E-state index < -0.39 is 5.82 Å². The Bertz CT molecular complexity index is 1090. The number of rotatable bonds is 6. The second-order valence-electron chi connectivity index (χ2n) is 6.13. The lowest BCUT2D eigenvalue weighted by Crippen LogP contribution is -2.22. The Morgan fingerprint density at radius 1 is 1.14 bits per heavy atom. The van der Waals surface area contributed by atoms with E-state index in [1.54, 1.807) is 12.1 Å². The molecule has 6 nitrogen and oxygen atoms in total. The van der Waals surface area contributed by atoms with Gasteiger partial charge in [0.2, 0.25) is 0 Å². The highest BCUT2D eigenvalue weighted by Crippen LogP contribution is 2.30. The van der Waals surface area contributed by atoms with Crippen LogP contribution in [-0.2, 0) is 6.54 Å². The van der Waals surface area contributed by atoms with Crippen LogP contribution in [0.5, 0.6) is 11.5 Å². The summed E-state index contributed by atoms with van der Waals surface area (Å²) in [4.78, 5) is 19.6. The maximum atomic E-state index is 13.7. The molecular formula is C19H18Cl2FN3O3. The summed E-state index contributed by atoms with van der Waals surface area (Å²) in [6.07, 6.45) is 0. The third-order valence-corrected chi connectivity index (χ3v) is 4.96. The SMILES string of the molecule is COc1cc2nc(CN[C@H](C)c3cc(F)c(Cl)cc3Cl)[nH]c(=O)c2cc1OC. The summed E-state index contributed by atoms with van der Waals surface area (Å²) >= 11 is 11.9. The molecule has 0 fully saturated rings. The second-order valence-corrected chi connectivity index (χ2v) is 6.94. The predicted molar refractivity (Wildman–Crippen MR) is 107 cm³/mol. The molecule has 0 unspecified atom stereocenters. The van der Waals surface area contributed by atoms with Crippen LogP contribution in [0, 0.1) is 5.82 Å². The van der Waals surface area contributed by atoms with E-state index in [-0.39, 0.29) is 23.2 Å². The van der Waals surface area contributed by atoms with Gasteiger partial charge in [0.25, 0.3) is 5.56 Å². The number of nitrogens with one attached hydrogen (secondary N) is 2. The molecule has 0 saturated heterocycles. The minimum atomic E-state index is -0.548. The van der Waals surface area contributed by atoms with Gasteiger partial charge in [-0.1, -0.05) is 23.2 Å². The van der Waals surface area contributed by atoms with Gasteiger partial charge in [-0.15, -0.1) is 0 Å². The molecule has 0 aliphatic heterocycles. The fourth-order valence-corrected chi connectivity index (χ4v) is 3.37. The molecule has 0 bridgehead atoms. The number of aromatic nitrogens is 2. The zero-order valence-corrected chi connectivity index (χ0v) is 16.9. The van der Waals surface area contributed by atoms with Gasteiger partial charge in [-0.2, -0.15) is 0 Å². The third-order valence-electron chi connectivity index (χ3n) is 4.34. The van der Waals surface area contributed by atoms with Gasteiger partial charge < -0.3 is 19.8 Å². The van der Waals surface area contributed by atoms with Crippen LogP contribution in [0.4, 0.5) is 4.39 Å². The molecule has 0 aliphatic rings. The second kappa shape index (κ2) is 8.34. The average Bonchev–Trinajstić information content (AvgIpc) is 2.67. The summed E-state index contributed by atoms with van der Waals surface area (Å²) in [5.74, 6) is 0.792. The molecule has 0 spiro atoms. The van der Waals surface area contributed by atoms with Crippen molar-refractivity contribution in [3.05, 3.63) is 61.9 Å². The van der Waals surface area contributed by atoms with Gasteiger partial charge in [0, 0.05) is 17.1 Å². The first-order chi connectivity index (χ1) is 13.3. The van der Waals surface area contributed by atoms with E-state index in [9.17, 15) is 9.18 Å². The van der Waals surface area contributed by atoms with Gasteiger partial charge in [-0.05, 0) is 30.7 Å². The van der Waals surface area contributed by atoms with Crippen LogP contribution < -0.4 is 20.3 Å². The van der Waals surface area contributed by atoms with Crippen LogP contribution in [-0.4, -0.2) is 24.2 Å². The molecular weight excluding hydrogens is 408 g/mol. The molecule has 0 amide bonds. The number of H-pyrrole nitrogens is 1. The monoisotopic (exact) mass is 425 g/mol. The topological polar surface area (TPSA) is 76.2 Å². The van der Waals surface area contributed by atoms with Crippen molar-refractivity contribution in [3.8, 4) is 11.5 Å². The summed E-state index contributed by atoms with van der Waals surface area (Å²) in [5, 5.41) is 3.86. The highest BCUT2D eigenvalue weighted by atomic mass is 35.5. The predicted octanol–water partition coefficient (Wildman–Crippen LogP) is 4.24. The number of benzene rings is 2. The molecule has 2 aromatic carbocycles. The Balaban J connectivity index is 1.86. The number of ether oxygens (including phenoxy) is 2. The lowest BCUT2D eigenvalue weighted by Gasteiger charge is -2.16. The largest absolute Gasteiger partial charge is 0.493 e. The van der Waals surface area contributed by atoms with Crippen molar-refractivity contribution in [2.45, 2.75) is 19.5 Å². The fourth-order valence-electron chi connectivity index (χ4n) is 2.83. The molecule has 1 aromatic heterocycles. The van der Waals surface area contributed by atoms with Gasteiger partial charge in [-0.25, -0.2) is 9.37 Å². The molecule has 0 aliphatic carbocycles. The molecule has 28 heavy (non-hydrogen) atoms. The molecule has 0 saturated carbocycles. The zero-order chi connectivity index (χ0) is 20.4. The van der Waals surface area contributed by atoms with Gasteiger partial charge in [-0.3, -0.25) is 4.79 Å². The van der Waals surface area contributed by atoms with Crippen molar-refractivity contribution in [2.75, 3.05) is 14.2 Å². The number of halogens is 3. The summed E-state index contributed by atoms with van der Waals surface area (Å²) in [5.41, 5.74) is 0.727. The van der Waals surface area contributed by atoms with E-state index in [2.05, 4.69) is 15.3 Å². The quantitative estimate of drug-likeness (QED) is 0.577. The third kappa shape index (κ3) is 4.06. The Hall–Kier alpha value is -2.35. The molecule has 3 aromatic rings. The van der Waals surface area contributed by atoms with Crippen molar-refractivity contribution in [2.24, 2.45) is 0 Å². The minimum absolute atomic E-state index is 0.0362. The number of hydrogen-bond donors (Lipinski definition) is 2. The van der Waals surface area contributed by atoms with Gasteiger partial charge >= 0.3 is 0 Å².